The zero-order valence-electron chi connectivity index (χ0n) is 10.3. The van der Waals surface area contributed by atoms with Crippen molar-refractivity contribution in [3.05, 3.63) is 0 Å². The van der Waals surface area contributed by atoms with Crippen molar-refractivity contribution >= 4 is 17.8 Å². The molecule has 1 N–H and O–H groups in total. The number of amides is 2. The van der Waals surface area contributed by atoms with E-state index in [2.05, 4.69) is 12.2 Å². The largest absolute Gasteiger partial charge is 0.338 e. The highest BCUT2D eigenvalue weighted by molar-refractivity contribution is 7.99. The number of urea groups is 1. The molecule has 0 saturated carbocycles. The lowest BCUT2D eigenvalue weighted by atomic mass is 10.2. The lowest BCUT2D eigenvalue weighted by Crippen LogP contribution is -2.41. The molecular weight excluding hydrogens is 220 g/mol. The van der Waals surface area contributed by atoms with E-state index in [-0.39, 0.29) is 6.03 Å². The van der Waals surface area contributed by atoms with Crippen LogP contribution in [0.2, 0.25) is 0 Å². The maximum Gasteiger partial charge on any atom is 0.317 e. The van der Waals surface area contributed by atoms with Crippen LogP contribution < -0.4 is 5.32 Å². The minimum absolute atomic E-state index is 0.138. The average Bonchev–Trinajstić information content (AvgIpc) is 2.57. The molecule has 94 valence electrons. The molecule has 2 amide bonds. The van der Waals surface area contributed by atoms with Crippen LogP contribution in [0, 0.1) is 0 Å². The number of carbonyl (C=O) groups is 1. The van der Waals surface area contributed by atoms with Gasteiger partial charge in [0.2, 0.25) is 0 Å². The smallest absolute Gasteiger partial charge is 0.317 e. The first kappa shape index (κ1) is 13.7. The van der Waals surface area contributed by atoms with Crippen molar-refractivity contribution in [3.8, 4) is 0 Å². The summed E-state index contributed by atoms with van der Waals surface area (Å²) in [6, 6.07) is 0.138. The molecule has 0 spiro atoms. The van der Waals surface area contributed by atoms with Gasteiger partial charge in [-0.2, -0.15) is 11.8 Å². The monoisotopic (exact) mass is 244 g/mol. The van der Waals surface area contributed by atoms with Crippen LogP contribution in [0.3, 0.4) is 0 Å². The van der Waals surface area contributed by atoms with Crippen molar-refractivity contribution < 1.29 is 4.79 Å². The number of carbonyl (C=O) groups excluding carboxylic acids is 1. The van der Waals surface area contributed by atoms with Gasteiger partial charge in [-0.3, -0.25) is 0 Å². The fourth-order valence-corrected chi connectivity index (χ4v) is 2.69. The first-order valence-corrected chi connectivity index (χ1v) is 7.60. The summed E-state index contributed by atoms with van der Waals surface area (Å²) >= 11 is 1.95. The van der Waals surface area contributed by atoms with Crippen LogP contribution in [0.5, 0.6) is 0 Å². The number of hydrogen-bond donors (Lipinski definition) is 1. The van der Waals surface area contributed by atoms with Crippen LogP contribution in [0.4, 0.5) is 4.79 Å². The van der Waals surface area contributed by atoms with E-state index < -0.39 is 0 Å². The van der Waals surface area contributed by atoms with Crippen LogP contribution >= 0.6 is 11.8 Å². The molecule has 0 aromatic heterocycles. The summed E-state index contributed by atoms with van der Waals surface area (Å²) in [5, 5.41) is 3.02. The van der Waals surface area contributed by atoms with Gasteiger partial charge in [-0.05, 0) is 18.6 Å². The third-order valence-electron chi connectivity index (χ3n) is 2.82. The van der Waals surface area contributed by atoms with Gasteiger partial charge in [-0.25, -0.2) is 4.79 Å². The number of unbranched alkanes of at least 4 members (excludes halogenated alkanes) is 3. The number of nitrogens with zero attached hydrogens (tertiary/aromatic N) is 1. The molecule has 1 fully saturated rings. The molecule has 1 aliphatic rings. The molecule has 0 aromatic carbocycles. The summed E-state index contributed by atoms with van der Waals surface area (Å²) in [5.74, 6) is 2.28. The van der Waals surface area contributed by atoms with Gasteiger partial charge >= 0.3 is 6.03 Å². The Bertz CT molecular complexity index is 191. The van der Waals surface area contributed by atoms with Gasteiger partial charge < -0.3 is 10.2 Å². The van der Waals surface area contributed by atoms with Crippen molar-refractivity contribution in [1.29, 1.82) is 0 Å². The summed E-state index contributed by atoms with van der Waals surface area (Å²) in [4.78, 5) is 13.7. The molecule has 1 saturated heterocycles. The predicted molar refractivity (Wildman–Crippen MR) is 71.1 cm³/mol. The van der Waals surface area contributed by atoms with E-state index in [1.807, 2.05) is 16.7 Å². The highest BCUT2D eigenvalue weighted by atomic mass is 32.2. The van der Waals surface area contributed by atoms with Crippen molar-refractivity contribution in [3.63, 3.8) is 0 Å². The van der Waals surface area contributed by atoms with E-state index in [9.17, 15) is 4.79 Å². The molecule has 4 heteroatoms. The first-order valence-electron chi connectivity index (χ1n) is 6.45. The Balaban J connectivity index is 2.08. The topological polar surface area (TPSA) is 32.3 Å². The first-order chi connectivity index (χ1) is 7.84. The standard InChI is InChI=1S/C12H24N2OS/c1-2-3-4-5-7-13-12(15)14-8-6-10-16-11-9-14/h2-11H2,1H3,(H,13,15). The molecule has 1 rings (SSSR count). The van der Waals surface area contributed by atoms with Gasteiger partial charge in [0.25, 0.3) is 0 Å². The van der Waals surface area contributed by atoms with Crippen LogP contribution in [-0.4, -0.2) is 42.1 Å². The van der Waals surface area contributed by atoms with Gasteiger partial charge in [0.15, 0.2) is 0 Å². The lowest BCUT2D eigenvalue weighted by Gasteiger charge is -2.20. The van der Waals surface area contributed by atoms with E-state index in [4.69, 9.17) is 0 Å². The molecule has 0 bridgehead atoms. The normalized spacial score (nSPS) is 16.9. The highest BCUT2D eigenvalue weighted by Gasteiger charge is 2.14. The Morgan fingerprint density at radius 1 is 1.25 bits per heavy atom. The van der Waals surface area contributed by atoms with Crippen molar-refractivity contribution in [2.75, 3.05) is 31.1 Å². The van der Waals surface area contributed by atoms with Crippen LogP contribution in [0.25, 0.3) is 0 Å². The molecule has 0 aromatic rings. The average molecular weight is 244 g/mol. The second-order valence-electron chi connectivity index (χ2n) is 4.25. The lowest BCUT2D eigenvalue weighted by molar-refractivity contribution is 0.201. The van der Waals surface area contributed by atoms with E-state index in [0.717, 1.165) is 38.2 Å². The van der Waals surface area contributed by atoms with Gasteiger partial charge in [-0.15, -0.1) is 0 Å². The summed E-state index contributed by atoms with van der Waals surface area (Å²) < 4.78 is 0. The van der Waals surface area contributed by atoms with Crippen LogP contribution in [0.15, 0.2) is 0 Å². The zero-order chi connectivity index (χ0) is 11.6. The molecular formula is C12H24N2OS. The Morgan fingerprint density at radius 2 is 2.12 bits per heavy atom. The van der Waals surface area contributed by atoms with E-state index >= 15 is 0 Å². The van der Waals surface area contributed by atoms with E-state index in [1.54, 1.807) is 0 Å². The highest BCUT2D eigenvalue weighted by Crippen LogP contribution is 2.09. The predicted octanol–water partition coefficient (Wildman–Crippen LogP) is 2.72. The van der Waals surface area contributed by atoms with Crippen molar-refractivity contribution in [2.24, 2.45) is 0 Å². The van der Waals surface area contributed by atoms with Crippen LogP contribution in [-0.2, 0) is 0 Å². The molecule has 16 heavy (non-hydrogen) atoms. The number of rotatable bonds is 5. The fraction of sp³-hybridized carbons (Fsp3) is 0.917. The second-order valence-corrected chi connectivity index (χ2v) is 5.47. The number of thioether (sulfide) groups is 1. The van der Waals surface area contributed by atoms with E-state index in [1.165, 1.54) is 25.0 Å². The SMILES string of the molecule is CCCCCCNC(=O)N1CCCSCC1. The third-order valence-corrected chi connectivity index (χ3v) is 3.86. The molecule has 1 aliphatic heterocycles. The minimum atomic E-state index is 0.138. The zero-order valence-corrected chi connectivity index (χ0v) is 11.2. The quantitative estimate of drug-likeness (QED) is 0.754. The second kappa shape index (κ2) is 8.74. The van der Waals surface area contributed by atoms with Gasteiger partial charge in [0.1, 0.15) is 0 Å². The Morgan fingerprint density at radius 3 is 2.94 bits per heavy atom. The summed E-state index contributed by atoms with van der Waals surface area (Å²) in [5.41, 5.74) is 0. The molecule has 0 radical (unpaired) electrons. The van der Waals surface area contributed by atoms with Gasteiger partial charge in [0, 0.05) is 25.4 Å². The van der Waals surface area contributed by atoms with Gasteiger partial charge in [0.05, 0.1) is 0 Å². The summed E-state index contributed by atoms with van der Waals surface area (Å²) in [6.45, 7) is 4.87. The molecule has 0 aliphatic carbocycles. The maximum absolute atomic E-state index is 11.8. The molecule has 0 unspecified atom stereocenters. The van der Waals surface area contributed by atoms with Gasteiger partial charge in [-0.1, -0.05) is 26.2 Å². The van der Waals surface area contributed by atoms with Crippen molar-refractivity contribution in [2.45, 2.75) is 39.0 Å². The van der Waals surface area contributed by atoms with Crippen molar-refractivity contribution in [1.82, 2.24) is 10.2 Å². The third kappa shape index (κ3) is 5.64. The Kier molecular flexibility index (Phi) is 7.47. The molecule has 3 nitrogen and oxygen atoms in total. The molecule has 1 heterocycles. The summed E-state index contributed by atoms with van der Waals surface area (Å²) in [7, 11) is 0. The number of hydrogen-bond acceptors (Lipinski definition) is 2. The van der Waals surface area contributed by atoms with E-state index in [0.29, 0.717) is 0 Å². The fourth-order valence-electron chi connectivity index (χ4n) is 1.81. The Hall–Kier alpha value is -0.380. The number of nitrogens with one attached hydrogen (secondary N) is 1. The Labute approximate surface area is 103 Å². The maximum atomic E-state index is 11.8. The summed E-state index contributed by atoms with van der Waals surface area (Å²) in [6.07, 6.45) is 6.00. The minimum Gasteiger partial charge on any atom is -0.338 e. The van der Waals surface area contributed by atoms with Crippen LogP contribution in [0.1, 0.15) is 39.0 Å². The molecule has 0 atom stereocenters.